The topological polar surface area (TPSA) is 29.1 Å². The third-order valence-corrected chi connectivity index (χ3v) is 3.06. The molecular formula is C15H23NO. The number of hydrogen-bond acceptors (Lipinski definition) is 1. The molecule has 2 nitrogen and oxygen atoms in total. The highest BCUT2D eigenvalue weighted by molar-refractivity contribution is 5.92. The largest absolute Gasteiger partial charge is 0.326 e. The summed E-state index contributed by atoms with van der Waals surface area (Å²) in [6.45, 7) is 4.27. The maximum Gasteiger partial charge on any atom is 0.227 e. The number of benzene rings is 1. The second-order valence-corrected chi connectivity index (χ2v) is 4.46. The Bertz CT molecular complexity index is 321. The Kier molecular flexibility index (Phi) is 6.38. The van der Waals surface area contributed by atoms with Gasteiger partial charge in [0.1, 0.15) is 0 Å². The van der Waals surface area contributed by atoms with Gasteiger partial charge in [0, 0.05) is 11.6 Å². The van der Waals surface area contributed by atoms with Crippen molar-refractivity contribution in [3.05, 3.63) is 30.3 Å². The average molecular weight is 233 g/mol. The normalized spacial score (nSPS) is 12.1. The molecule has 1 aromatic carbocycles. The van der Waals surface area contributed by atoms with Gasteiger partial charge in [0.2, 0.25) is 5.91 Å². The molecule has 1 atom stereocenters. The zero-order chi connectivity index (χ0) is 12.5. The van der Waals surface area contributed by atoms with Gasteiger partial charge in [-0.2, -0.15) is 0 Å². The fourth-order valence-electron chi connectivity index (χ4n) is 1.93. The number of rotatable bonds is 7. The summed E-state index contributed by atoms with van der Waals surface area (Å²) in [4.78, 5) is 12.0. The van der Waals surface area contributed by atoms with E-state index in [9.17, 15) is 4.79 Å². The number of nitrogens with one attached hydrogen (secondary N) is 1. The Morgan fingerprint density at radius 3 is 2.47 bits per heavy atom. The first-order chi connectivity index (χ1) is 8.27. The Morgan fingerprint density at radius 1 is 1.18 bits per heavy atom. The summed E-state index contributed by atoms with van der Waals surface area (Å²) in [5, 5.41) is 2.98. The van der Waals surface area contributed by atoms with Gasteiger partial charge in [0.25, 0.3) is 0 Å². The second-order valence-electron chi connectivity index (χ2n) is 4.46. The van der Waals surface area contributed by atoms with Crippen molar-refractivity contribution in [1.82, 2.24) is 0 Å². The van der Waals surface area contributed by atoms with Crippen LogP contribution in [0, 0.1) is 5.92 Å². The number of hydrogen-bond donors (Lipinski definition) is 1. The van der Waals surface area contributed by atoms with E-state index < -0.39 is 0 Å². The van der Waals surface area contributed by atoms with E-state index in [0.717, 1.165) is 24.9 Å². The Balaban J connectivity index is 2.43. The predicted molar refractivity (Wildman–Crippen MR) is 73.0 cm³/mol. The van der Waals surface area contributed by atoms with Crippen molar-refractivity contribution in [3.63, 3.8) is 0 Å². The van der Waals surface area contributed by atoms with Crippen LogP contribution in [0.4, 0.5) is 5.69 Å². The second kappa shape index (κ2) is 7.88. The van der Waals surface area contributed by atoms with Crippen LogP contribution < -0.4 is 5.32 Å². The third-order valence-electron chi connectivity index (χ3n) is 3.06. The summed E-state index contributed by atoms with van der Waals surface area (Å²) in [7, 11) is 0. The van der Waals surface area contributed by atoms with Crippen LogP contribution >= 0.6 is 0 Å². The molecule has 0 aliphatic carbocycles. The number of amides is 1. The van der Waals surface area contributed by atoms with E-state index in [1.54, 1.807) is 0 Å². The van der Waals surface area contributed by atoms with Gasteiger partial charge in [-0.1, -0.05) is 51.3 Å². The Morgan fingerprint density at radius 2 is 1.88 bits per heavy atom. The fraction of sp³-hybridized carbons (Fsp3) is 0.533. The zero-order valence-corrected chi connectivity index (χ0v) is 10.9. The number of anilines is 1. The van der Waals surface area contributed by atoms with Crippen molar-refractivity contribution in [2.45, 2.75) is 46.0 Å². The van der Waals surface area contributed by atoms with E-state index in [4.69, 9.17) is 0 Å². The lowest BCUT2D eigenvalue weighted by Gasteiger charge is -2.14. The van der Waals surface area contributed by atoms with Gasteiger partial charge in [-0.15, -0.1) is 0 Å². The molecule has 0 bridgehead atoms. The van der Waals surface area contributed by atoms with Crippen molar-refractivity contribution in [2.24, 2.45) is 5.92 Å². The summed E-state index contributed by atoms with van der Waals surface area (Å²) < 4.78 is 0. The molecule has 1 aromatic rings. The smallest absolute Gasteiger partial charge is 0.227 e. The maximum absolute atomic E-state index is 12.0. The molecule has 0 spiro atoms. The molecule has 0 radical (unpaired) electrons. The molecule has 94 valence electrons. The molecule has 1 unspecified atom stereocenters. The van der Waals surface area contributed by atoms with Crippen molar-refractivity contribution < 1.29 is 4.79 Å². The van der Waals surface area contributed by atoms with Crippen LogP contribution in [0.3, 0.4) is 0 Å². The number of para-hydroxylation sites is 1. The third kappa shape index (κ3) is 5.03. The van der Waals surface area contributed by atoms with Gasteiger partial charge in [-0.05, 0) is 25.0 Å². The molecule has 0 saturated heterocycles. The maximum atomic E-state index is 12.0. The standard InChI is InChI=1S/C15H23NO/c1-3-5-7-10-13(4-2)15(17)16-14-11-8-6-9-12-14/h6,8-9,11-13H,3-5,7,10H2,1-2H3,(H,16,17). The number of carbonyl (C=O) groups excluding carboxylic acids is 1. The summed E-state index contributed by atoms with van der Waals surface area (Å²) >= 11 is 0. The van der Waals surface area contributed by atoms with Crippen molar-refractivity contribution in [3.8, 4) is 0 Å². The predicted octanol–water partition coefficient (Wildman–Crippen LogP) is 4.23. The Labute approximate surface area is 104 Å². The van der Waals surface area contributed by atoms with Crippen LogP contribution in [0.25, 0.3) is 0 Å². The average Bonchev–Trinajstić information content (AvgIpc) is 2.36. The van der Waals surface area contributed by atoms with Crippen molar-refractivity contribution in [2.75, 3.05) is 5.32 Å². The van der Waals surface area contributed by atoms with E-state index in [0.29, 0.717) is 0 Å². The SMILES string of the molecule is CCCCCC(CC)C(=O)Nc1ccccc1. The lowest BCUT2D eigenvalue weighted by atomic mass is 9.97. The summed E-state index contributed by atoms with van der Waals surface area (Å²) in [6, 6.07) is 9.68. The molecule has 0 saturated carbocycles. The van der Waals surface area contributed by atoms with Gasteiger partial charge in [-0.3, -0.25) is 4.79 Å². The van der Waals surface area contributed by atoms with Gasteiger partial charge >= 0.3 is 0 Å². The van der Waals surface area contributed by atoms with Crippen LogP contribution in [0.15, 0.2) is 30.3 Å². The van der Waals surface area contributed by atoms with E-state index >= 15 is 0 Å². The Hall–Kier alpha value is -1.31. The fourth-order valence-corrected chi connectivity index (χ4v) is 1.93. The molecule has 0 aliphatic rings. The van der Waals surface area contributed by atoms with Crippen LogP contribution in [0.1, 0.15) is 46.0 Å². The molecule has 1 rings (SSSR count). The van der Waals surface area contributed by atoms with Crippen LogP contribution in [-0.4, -0.2) is 5.91 Å². The molecule has 0 fully saturated rings. The van der Waals surface area contributed by atoms with E-state index in [-0.39, 0.29) is 11.8 Å². The highest BCUT2D eigenvalue weighted by Gasteiger charge is 2.15. The lowest BCUT2D eigenvalue weighted by molar-refractivity contribution is -0.120. The molecule has 0 aromatic heterocycles. The minimum Gasteiger partial charge on any atom is -0.326 e. The first-order valence-electron chi connectivity index (χ1n) is 6.63. The van der Waals surface area contributed by atoms with Crippen LogP contribution in [0.2, 0.25) is 0 Å². The quantitative estimate of drug-likeness (QED) is 0.701. The van der Waals surface area contributed by atoms with Crippen molar-refractivity contribution >= 4 is 11.6 Å². The molecule has 1 amide bonds. The van der Waals surface area contributed by atoms with E-state index in [1.807, 2.05) is 30.3 Å². The highest BCUT2D eigenvalue weighted by Crippen LogP contribution is 2.16. The van der Waals surface area contributed by atoms with Crippen LogP contribution in [0.5, 0.6) is 0 Å². The van der Waals surface area contributed by atoms with Gasteiger partial charge < -0.3 is 5.32 Å². The van der Waals surface area contributed by atoms with Crippen LogP contribution in [-0.2, 0) is 4.79 Å². The van der Waals surface area contributed by atoms with Crippen molar-refractivity contribution in [1.29, 1.82) is 0 Å². The van der Waals surface area contributed by atoms with Gasteiger partial charge in [-0.25, -0.2) is 0 Å². The zero-order valence-electron chi connectivity index (χ0n) is 10.9. The number of unbranched alkanes of at least 4 members (excludes halogenated alkanes) is 2. The summed E-state index contributed by atoms with van der Waals surface area (Å²) in [5.74, 6) is 0.316. The summed E-state index contributed by atoms with van der Waals surface area (Å²) in [6.07, 6.45) is 5.49. The minimum absolute atomic E-state index is 0.154. The molecule has 0 heterocycles. The molecular weight excluding hydrogens is 210 g/mol. The van der Waals surface area contributed by atoms with Gasteiger partial charge in [0.15, 0.2) is 0 Å². The monoisotopic (exact) mass is 233 g/mol. The first-order valence-corrected chi connectivity index (χ1v) is 6.63. The van der Waals surface area contributed by atoms with E-state index in [1.165, 1.54) is 12.8 Å². The van der Waals surface area contributed by atoms with Gasteiger partial charge in [0.05, 0.1) is 0 Å². The first kappa shape index (κ1) is 13.8. The molecule has 0 aliphatic heterocycles. The number of carbonyl (C=O) groups is 1. The lowest BCUT2D eigenvalue weighted by Crippen LogP contribution is -2.22. The highest BCUT2D eigenvalue weighted by atomic mass is 16.1. The van der Waals surface area contributed by atoms with E-state index in [2.05, 4.69) is 19.2 Å². The molecule has 2 heteroatoms. The summed E-state index contributed by atoms with van der Waals surface area (Å²) in [5.41, 5.74) is 0.895. The molecule has 17 heavy (non-hydrogen) atoms. The molecule has 1 N–H and O–H groups in total. The minimum atomic E-state index is 0.154.